The van der Waals surface area contributed by atoms with Crippen LogP contribution in [0.3, 0.4) is 0 Å². The van der Waals surface area contributed by atoms with Crippen LogP contribution in [-0.2, 0) is 11.3 Å². The van der Waals surface area contributed by atoms with Gasteiger partial charge >= 0.3 is 0 Å². The molecular weight excluding hydrogens is 306 g/mol. The SMILES string of the molecule is CC(C)NCc1cc(OCC2CCOC2)ccc1Br. The molecule has 1 fully saturated rings. The van der Waals surface area contributed by atoms with Gasteiger partial charge in [-0.2, -0.15) is 0 Å². The van der Waals surface area contributed by atoms with E-state index < -0.39 is 0 Å². The zero-order valence-corrected chi connectivity index (χ0v) is 13.2. The normalized spacial score (nSPS) is 19.1. The number of hydrogen-bond acceptors (Lipinski definition) is 3. The summed E-state index contributed by atoms with van der Waals surface area (Å²) in [7, 11) is 0. The zero-order chi connectivity index (χ0) is 13.7. The van der Waals surface area contributed by atoms with Gasteiger partial charge in [-0.15, -0.1) is 0 Å². The van der Waals surface area contributed by atoms with E-state index in [1.165, 1.54) is 5.56 Å². The van der Waals surface area contributed by atoms with Crippen LogP contribution in [0.2, 0.25) is 0 Å². The molecule has 1 unspecified atom stereocenters. The summed E-state index contributed by atoms with van der Waals surface area (Å²) in [5.74, 6) is 1.48. The smallest absolute Gasteiger partial charge is 0.119 e. The molecule has 1 N–H and O–H groups in total. The topological polar surface area (TPSA) is 30.5 Å². The minimum absolute atomic E-state index is 0.479. The van der Waals surface area contributed by atoms with Crippen LogP contribution in [0.4, 0.5) is 0 Å². The standard InChI is InChI=1S/C15H22BrNO2/c1-11(2)17-8-13-7-14(3-4-15(13)16)19-10-12-5-6-18-9-12/h3-4,7,11-12,17H,5-6,8-10H2,1-2H3. The predicted molar refractivity (Wildman–Crippen MR) is 80.5 cm³/mol. The maximum atomic E-state index is 5.86. The van der Waals surface area contributed by atoms with Gasteiger partial charge < -0.3 is 14.8 Å². The Bertz CT molecular complexity index is 403. The molecule has 19 heavy (non-hydrogen) atoms. The molecule has 0 spiro atoms. The van der Waals surface area contributed by atoms with Crippen LogP contribution in [0.25, 0.3) is 0 Å². The fraction of sp³-hybridized carbons (Fsp3) is 0.600. The second kappa shape index (κ2) is 7.27. The predicted octanol–water partition coefficient (Wildman–Crippen LogP) is 3.36. The van der Waals surface area contributed by atoms with Gasteiger partial charge in [-0.1, -0.05) is 29.8 Å². The molecule has 0 amide bonds. The quantitative estimate of drug-likeness (QED) is 0.869. The summed E-state index contributed by atoms with van der Waals surface area (Å²) in [5.41, 5.74) is 1.23. The third kappa shape index (κ3) is 4.79. The molecule has 4 heteroatoms. The lowest BCUT2D eigenvalue weighted by atomic mass is 10.1. The Hall–Kier alpha value is -0.580. The number of rotatable bonds is 6. The molecule has 106 valence electrons. The van der Waals surface area contributed by atoms with Gasteiger partial charge in [-0.25, -0.2) is 0 Å². The summed E-state index contributed by atoms with van der Waals surface area (Å²) in [6.45, 7) is 7.60. The molecule has 1 aliphatic rings. The molecular formula is C15H22BrNO2. The Balaban J connectivity index is 1.91. The Morgan fingerprint density at radius 2 is 2.32 bits per heavy atom. The number of ether oxygens (including phenoxy) is 2. The van der Waals surface area contributed by atoms with E-state index in [0.29, 0.717) is 12.0 Å². The number of halogens is 1. The van der Waals surface area contributed by atoms with Gasteiger partial charge in [0.05, 0.1) is 13.2 Å². The minimum atomic E-state index is 0.479. The van der Waals surface area contributed by atoms with Crippen molar-refractivity contribution in [1.82, 2.24) is 5.32 Å². The van der Waals surface area contributed by atoms with Crippen LogP contribution in [0.1, 0.15) is 25.8 Å². The van der Waals surface area contributed by atoms with Crippen LogP contribution in [0.15, 0.2) is 22.7 Å². The Morgan fingerprint density at radius 1 is 1.47 bits per heavy atom. The fourth-order valence-electron chi connectivity index (χ4n) is 2.02. The first kappa shape index (κ1) is 14.8. The maximum absolute atomic E-state index is 5.86. The van der Waals surface area contributed by atoms with Crippen molar-refractivity contribution in [3.05, 3.63) is 28.2 Å². The molecule has 0 aliphatic carbocycles. The van der Waals surface area contributed by atoms with Crippen molar-refractivity contribution in [3.8, 4) is 5.75 Å². The van der Waals surface area contributed by atoms with Gasteiger partial charge in [0.25, 0.3) is 0 Å². The monoisotopic (exact) mass is 327 g/mol. The molecule has 1 aliphatic heterocycles. The van der Waals surface area contributed by atoms with Crippen LogP contribution in [-0.4, -0.2) is 25.9 Å². The highest BCUT2D eigenvalue weighted by Crippen LogP contribution is 2.24. The first-order chi connectivity index (χ1) is 9.15. The van der Waals surface area contributed by atoms with E-state index in [-0.39, 0.29) is 0 Å². The third-order valence-electron chi connectivity index (χ3n) is 3.23. The van der Waals surface area contributed by atoms with Crippen molar-refractivity contribution in [2.75, 3.05) is 19.8 Å². The summed E-state index contributed by atoms with van der Waals surface area (Å²) in [5, 5.41) is 3.42. The summed E-state index contributed by atoms with van der Waals surface area (Å²) in [6, 6.07) is 6.65. The summed E-state index contributed by atoms with van der Waals surface area (Å²) in [6.07, 6.45) is 1.11. The highest BCUT2D eigenvalue weighted by Gasteiger charge is 2.16. The second-order valence-electron chi connectivity index (χ2n) is 5.33. The lowest BCUT2D eigenvalue weighted by molar-refractivity contribution is 0.167. The molecule has 2 rings (SSSR count). The van der Waals surface area contributed by atoms with E-state index >= 15 is 0 Å². The van der Waals surface area contributed by atoms with E-state index in [2.05, 4.69) is 47.2 Å². The van der Waals surface area contributed by atoms with Crippen molar-refractivity contribution in [2.45, 2.75) is 32.9 Å². The minimum Gasteiger partial charge on any atom is -0.493 e. The Labute approximate surface area is 123 Å². The maximum Gasteiger partial charge on any atom is 0.119 e. The molecule has 1 saturated heterocycles. The molecule has 0 bridgehead atoms. The third-order valence-corrected chi connectivity index (χ3v) is 4.00. The van der Waals surface area contributed by atoms with Gasteiger partial charge in [0.1, 0.15) is 5.75 Å². The van der Waals surface area contributed by atoms with Gasteiger partial charge in [0, 0.05) is 29.6 Å². The first-order valence-electron chi connectivity index (χ1n) is 6.87. The van der Waals surface area contributed by atoms with Crippen LogP contribution >= 0.6 is 15.9 Å². The van der Waals surface area contributed by atoms with Crippen molar-refractivity contribution in [1.29, 1.82) is 0 Å². The lowest BCUT2D eigenvalue weighted by Gasteiger charge is -2.14. The van der Waals surface area contributed by atoms with Gasteiger partial charge in [-0.05, 0) is 30.2 Å². The highest BCUT2D eigenvalue weighted by atomic mass is 79.9. The summed E-state index contributed by atoms with van der Waals surface area (Å²) >= 11 is 3.58. The largest absolute Gasteiger partial charge is 0.493 e. The molecule has 0 radical (unpaired) electrons. The number of hydrogen-bond donors (Lipinski definition) is 1. The van der Waals surface area contributed by atoms with Crippen molar-refractivity contribution >= 4 is 15.9 Å². The molecule has 1 aromatic rings. The second-order valence-corrected chi connectivity index (χ2v) is 6.18. The number of nitrogens with one attached hydrogen (secondary N) is 1. The molecule has 0 saturated carbocycles. The lowest BCUT2D eigenvalue weighted by Crippen LogP contribution is -2.22. The highest BCUT2D eigenvalue weighted by molar-refractivity contribution is 9.10. The summed E-state index contributed by atoms with van der Waals surface area (Å²) < 4.78 is 12.3. The van der Waals surface area contributed by atoms with Crippen LogP contribution in [0, 0.1) is 5.92 Å². The molecule has 3 nitrogen and oxygen atoms in total. The Kier molecular flexibility index (Phi) is 5.67. The average Bonchev–Trinajstić information content (AvgIpc) is 2.89. The first-order valence-corrected chi connectivity index (χ1v) is 7.67. The average molecular weight is 328 g/mol. The van der Waals surface area contributed by atoms with Crippen molar-refractivity contribution in [2.24, 2.45) is 5.92 Å². The summed E-state index contributed by atoms with van der Waals surface area (Å²) in [4.78, 5) is 0. The van der Waals surface area contributed by atoms with Gasteiger partial charge in [0.2, 0.25) is 0 Å². The molecule has 1 heterocycles. The molecule has 1 atom stereocenters. The van der Waals surface area contributed by atoms with Crippen LogP contribution < -0.4 is 10.1 Å². The van der Waals surface area contributed by atoms with Crippen LogP contribution in [0.5, 0.6) is 5.75 Å². The van der Waals surface area contributed by atoms with Crippen molar-refractivity contribution < 1.29 is 9.47 Å². The van der Waals surface area contributed by atoms with E-state index in [9.17, 15) is 0 Å². The van der Waals surface area contributed by atoms with E-state index in [0.717, 1.165) is 43.0 Å². The van der Waals surface area contributed by atoms with Crippen molar-refractivity contribution in [3.63, 3.8) is 0 Å². The number of benzene rings is 1. The Morgan fingerprint density at radius 3 is 3.00 bits per heavy atom. The van der Waals surface area contributed by atoms with Gasteiger partial charge in [0.15, 0.2) is 0 Å². The zero-order valence-electron chi connectivity index (χ0n) is 11.6. The van der Waals surface area contributed by atoms with E-state index in [1.54, 1.807) is 0 Å². The van der Waals surface area contributed by atoms with E-state index in [1.807, 2.05) is 6.07 Å². The molecule has 1 aromatic carbocycles. The van der Waals surface area contributed by atoms with Gasteiger partial charge in [-0.3, -0.25) is 0 Å². The van der Waals surface area contributed by atoms with E-state index in [4.69, 9.17) is 9.47 Å². The fourth-order valence-corrected chi connectivity index (χ4v) is 2.41. The molecule has 0 aromatic heterocycles.